The molecule has 2 aliphatic rings. The van der Waals surface area contributed by atoms with Gasteiger partial charge in [0.25, 0.3) is 10.0 Å². The summed E-state index contributed by atoms with van der Waals surface area (Å²) in [4.78, 5) is 4.97. The second-order valence-electron chi connectivity index (χ2n) is 3.49. The first-order chi connectivity index (χ1) is 6.08. The maximum absolute atomic E-state index is 11.4. The van der Waals surface area contributed by atoms with Crippen LogP contribution in [0.1, 0.15) is 26.2 Å². The van der Waals surface area contributed by atoms with Gasteiger partial charge in [-0.3, -0.25) is 10.3 Å². The lowest BCUT2D eigenvalue weighted by atomic mass is 10.3. The monoisotopic (exact) mass is 204 g/mol. The van der Waals surface area contributed by atoms with E-state index in [9.17, 15) is 8.42 Å². The van der Waals surface area contributed by atoms with E-state index in [1.807, 2.05) is 6.92 Å². The van der Waals surface area contributed by atoms with Crippen molar-refractivity contribution in [2.24, 2.45) is 4.40 Å². The van der Waals surface area contributed by atoms with Crippen molar-refractivity contribution in [2.45, 2.75) is 37.5 Å². The summed E-state index contributed by atoms with van der Waals surface area (Å²) in [5.74, 6) is 0.430. The molecule has 6 heteroatoms. The van der Waals surface area contributed by atoms with Crippen LogP contribution in [-0.4, -0.2) is 25.6 Å². The molecule has 5 nitrogen and oxygen atoms in total. The molecule has 0 bridgehead atoms. The Kier molecular flexibility index (Phi) is 2.03. The fraction of sp³-hybridized carbons (Fsp3) is 0.857. The Balaban J connectivity index is 2.10. The van der Waals surface area contributed by atoms with Crippen molar-refractivity contribution in [3.63, 3.8) is 0 Å². The Morgan fingerprint density at radius 3 is 2.69 bits per heavy atom. The Morgan fingerprint density at radius 2 is 2.23 bits per heavy atom. The average Bonchev–Trinajstić information content (AvgIpc) is 2.78. The number of sulfonamides is 1. The third-order valence-corrected chi connectivity index (χ3v) is 3.83. The molecule has 2 rings (SSSR count). The van der Waals surface area contributed by atoms with Crippen LogP contribution in [0.3, 0.4) is 0 Å². The van der Waals surface area contributed by atoms with Crippen LogP contribution in [-0.2, 0) is 14.9 Å². The summed E-state index contributed by atoms with van der Waals surface area (Å²) in [6.45, 7) is 1.86. The molecule has 0 radical (unpaired) electrons. The van der Waals surface area contributed by atoms with E-state index < -0.39 is 10.0 Å². The molecule has 13 heavy (non-hydrogen) atoms. The van der Waals surface area contributed by atoms with Crippen LogP contribution in [0.25, 0.3) is 0 Å². The predicted molar refractivity (Wildman–Crippen MR) is 47.7 cm³/mol. The number of hydrogen-bond donors (Lipinski definition) is 1. The molecule has 0 aromatic rings. The Bertz CT molecular complexity index is 332. The highest BCUT2D eigenvalue weighted by Crippen LogP contribution is 2.29. The SMILES string of the molecule is CC1C/C(=N/S(=O)(=O)C2CC2)NO1. The molecular formula is C7H12N2O3S. The summed E-state index contributed by atoms with van der Waals surface area (Å²) < 4.78 is 26.4. The smallest absolute Gasteiger partial charge is 0.257 e. The molecule has 1 unspecified atom stereocenters. The number of amidine groups is 1. The van der Waals surface area contributed by atoms with Crippen LogP contribution < -0.4 is 5.48 Å². The first-order valence-electron chi connectivity index (χ1n) is 4.32. The molecule has 1 heterocycles. The van der Waals surface area contributed by atoms with Gasteiger partial charge in [-0.1, -0.05) is 0 Å². The van der Waals surface area contributed by atoms with Crippen LogP contribution in [0.4, 0.5) is 0 Å². The molecular weight excluding hydrogens is 192 g/mol. The normalized spacial score (nSPS) is 32.1. The van der Waals surface area contributed by atoms with Crippen LogP contribution in [0, 0.1) is 0 Å². The summed E-state index contributed by atoms with van der Waals surface area (Å²) in [6, 6.07) is 0. The van der Waals surface area contributed by atoms with E-state index in [-0.39, 0.29) is 11.4 Å². The number of hydroxylamine groups is 1. The van der Waals surface area contributed by atoms with E-state index in [0.29, 0.717) is 12.3 Å². The summed E-state index contributed by atoms with van der Waals surface area (Å²) in [5, 5.41) is -0.238. The van der Waals surface area contributed by atoms with Crippen molar-refractivity contribution >= 4 is 15.9 Å². The highest BCUT2D eigenvalue weighted by Gasteiger charge is 2.36. The van der Waals surface area contributed by atoms with Gasteiger partial charge in [0.1, 0.15) is 5.84 Å². The van der Waals surface area contributed by atoms with Gasteiger partial charge in [0.15, 0.2) is 0 Å². The number of hydrogen-bond acceptors (Lipinski definition) is 3. The molecule has 1 saturated carbocycles. The topological polar surface area (TPSA) is 67.8 Å². The lowest BCUT2D eigenvalue weighted by Gasteiger charge is -1.96. The first-order valence-corrected chi connectivity index (χ1v) is 5.82. The van der Waals surface area contributed by atoms with E-state index in [1.54, 1.807) is 0 Å². The van der Waals surface area contributed by atoms with E-state index in [1.165, 1.54) is 0 Å². The van der Waals surface area contributed by atoms with Gasteiger partial charge in [0.05, 0.1) is 11.4 Å². The molecule has 0 amide bonds. The zero-order valence-electron chi connectivity index (χ0n) is 7.36. The van der Waals surface area contributed by atoms with E-state index in [4.69, 9.17) is 4.84 Å². The first kappa shape index (κ1) is 8.96. The highest BCUT2D eigenvalue weighted by molar-refractivity contribution is 7.91. The van der Waals surface area contributed by atoms with Crippen molar-refractivity contribution < 1.29 is 13.3 Å². The zero-order chi connectivity index (χ0) is 9.47. The molecule has 0 aromatic carbocycles. The lowest BCUT2D eigenvalue weighted by Crippen LogP contribution is -2.16. The number of nitrogens with one attached hydrogen (secondary N) is 1. The van der Waals surface area contributed by atoms with Gasteiger partial charge in [0, 0.05) is 6.42 Å². The minimum absolute atomic E-state index is 0.00755. The highest BCUT2D eigenvalue weighted by atomic mass is 32.2. The largest absolute Gasteiger partial charge is 0.271 e. The third-order valence-electron chi connectivity index (χ3n) is 2.04. The Morgan fingerprint density at radius 1 is 1.54 bits per heavy atom. The van der Waals surface area contributed by atoms with Gasteiger partial charge in [-0.25, -0.2) is 8.42 Å². The van der Waals surface area contributed by atoms with Crippen molar-refractivity contribution in [2.75, 3.05) is 0 Å². The van der Waals surface area contributed by atoms with Gasteiger partial charge < -0.3 is 0 Å². The van der Waals surface area contributed by atoms with Gasteiger partial charge >= 0.3 is 0 Å². The zero-order valence-corrected chi connectivity index (χ0v) is 8.17. The second-order valence-corrected chi connectivity index (χ2v) is 5.37. The number of nitrogens with zero attached hydrogens (tertiary/aromatic N) is 1. The fourth-order valence-electron chi connectivity index (χ4n) is 1.17. The van der Waals surface area contributed by atoms with E-state index >= 15 is 0 Å². The van der Waals surface area contributed by atoms with Gasteiger partial charge in [-0.05, 0) is 19.8 Å². The molecule has 1 N–H and O–H groups in total. The van der Waals surface area contributed by atoms with Crippen LogP contribution in [0.15, 0.2) is 4.40 Å². The summed E-state index contributed by atoms with van der Waals surface area (Å²) >= 11 is 0. The van der Waals surface area contributed by atoms with Crippen LogP contribution in [0.5, 0.6) is 0 Å². The van der Waals surface area contributed by atoms with E-state index in [0.717, 1.165) is 12.8 Å². The predicted octanol–water partition coefficient (Wildman–Crippen LogP) is 0.190. The minimum Gasteiger partial charge on any atom is -0.271 e. The maximum Gasteiger partial charge on any atom is 0.257 e. The molecule has 0 aromatic heterocycles. The van der Waals surface area contributed by atoms with Crippen LogP contribution in [0.2, 0.25) is 0 Å². The molecule has 2 fully saturated rings. The molecule has 1 atom stereocenters. The average molecular weight is 204 g/mol. The Hall–Kier alpha value is -0.620. The summed E-state index contributed by atoms with van der Waals surface area (Å²) in [6.07, 6.45) is 2.05. The van der Waals surface area contributed by atoms with E-state index in [2.05, 4.69) is 9.88 Å². The standard InChI is InChI=1S/C7H12N2O3S/c1-5-4-7(8-12-5)9-13(10,11)6-2-3-6/h5-6H,2-4H2,1H3,(H,8,9). The minimum atomic E-state index is -3.25. The van der Waals surface area contributed by atoms with Gasteiger partial charge in [0.2, 0.25) is 0 Å². The quantitative estimate of drug-likeness (QED) is 0.697. The van der Waals surface area contributed by atoms with Gasteiger partial charge in [-0.15, -0.1) is 4.40 Å². The maximum atomic E-state index is 11.4. The molecule has 0 spiro atoms. The lowest BCUT2D eigenvalue weighted by molar-refractivity contribution is 0.0575. The molecule has 1 aliphatic carbocycles. The van der Waals surface area contributed by atoms with Crippen LogP contribution >= 0.6 is 0 Å². The summed E-state index contributed by atoms with van der Waals surface area (Å²) in [5.41, 5.74) is 2.52. The molecule has 1 aliphatic heterocycles. The third kappa shape index (κ3) is 2.00. The second kappa shape index (κ2) is 2.95. The molecule has 74 valence electrons. The van der Waals surface area contributed by atoms with Crippen molar-refractivity contribution in [3.05, 3.63) is 0 Å². The fourth-order valence-corrected chi connectivity index (χ4v) is 2.47. The molecule has 1 saturated heterocycles. The summed E-state index contributed by atoms with van der Waals surface area (Å²) in [7, 11) is -3.25. The van der Waals surface area contributed by atoms with Gasteiger partial charge in [-0.2, -0.15) is 0 Å². The Labute approximate surface area is 77.2 Å². The van der Waals surface area contributed by atoms with Crippen molar-refractivity contribution in [1.82, 2.24) is 5.48 Å². The number of rotatable bonds is 2. The van der Waals surface area contributed by atoms with Crippen molar-refractivity contribution in [1.29, 1.82) is 0 Å². The van der Waals surface area contributed by atoms with Crippen molar-refractivity contribution in [3.8, 4) is 0 Å².